The third-order valence-electron chi connectivity index (χ3n) is 6.90. The summed E-state index contributed by atoms with van der Waals surface area (Å²) in [6.45, 7) is 7.93. The number of anilines is 2. The van der Waals surface area contributed by atoms with Crippen LogP contribution in [0.2, 0.25) is 0 Å². The number of thioether (sulfide) groups is 2. The molecule has 2 aliphatic rings. The topological polar surface area (TPSA) is 98.8 Å². The molecule has 0 aromatic heterocycles. The molecule has 0 aliphatic carbocycles. The summed E-state index contributed by atoms with van der Waals surface area (Å²) in [7, 11) is 0. The van der Waals surface area contributed by atoms with Crippen molar-refractivity contribution in [1.82, 2.24) is 10.6 Å². The number of carbonyl (C=O) groups is 4. The molecule has 4 amide bonds. The van der Waals surface area contributed by atoms with Crippen LogP contribution in [0.15, 0.2) is 58.3 Å². The van der Waals surface area contributed by atoms with Crippen LogP contribution >= 0.6 is 48.0 Å². The molecule has 12 heteroatoms. The molecular formula is C30H32N4O4S4. The highest BCUT2D eigenvalue weighted by Crippen LogP contribution is 2.44. The molecule has 0 radical (unpaired) electrons. The predicted molar refractivity (Wildman–Crippen MR) is 178 cm³/mol. The van der Waals surface area contributed by atoms with E-state index in [9.17, 15) is 19.2 Å². The first-order chi connectivity index (χ1) is 20.0. The van der Waals surface area contributed by atoms with Crippen molar-refractivity contribution < 1.29 is 19.2 Å². The fourth-order valence-corrected chi connectivity index (χ4v) is 6.96. The zero-order valence-corrected chi connectivity index (χ0v) is 27.0. The molecule has 2 atom stereocenters. The van der Waals surface area contributed by atoms with E-state index in [-0.39, 0.29) is 46.5 Å². The minimum atomic E-state index is -0.393. The van der Waals surface area contributed by atoms with E-state index in [2.05, 4.69) is 10.6 Å². The number of hydrogen-bond acceptors (Lipinski definition) is 8. The van der Waals surface area contributed by atoms with Crippen molar-refractivity contribution in [2.45, 2.75) is 65.5 Å². The first-order valence-corrected chi connectivity index (χ1v) is 16.1. The highest BCUT2D eigenvalue weighted by atomic mass is 32.2. The Bertz CT molecular complexity index is 1350. The molecule has 42 heavy (non-hydrogen) atoms. The van der Waals surface area contributed by atoms with Gasteiger partial charge in [0.25, 0.3) is 11.8 Å². The lowest BCUT2D eigenvalue weighted by Gasteiger charge is -2.16. The van der Waals surface area contributed by atoms with E-state index in [1.54, 1.807) is 48.5 Å². The van der Waals surface area contributed by atoms with Gasteiger partial charge in [0.15, 0.2) is 8.64 Å². The third kappa shape index (κ3) is 7.28. The van der Waals surface area contributed by atoms with Gasteiger partial charge in [-0.2, -0.15) is 0 Å². The van der Waals surface area contributed by atoms with Crippen LogP contribution < -0.4 is 20.4 Å². The summed E-state index contributed by atoms with van der Waals surface area (Å²) >= 11 is 13.2. The van der Waals surface area contributed by atoms with Crippen LogP contribution in [0.4, 0.5) is 11.4 Å². The zero-order valence-electron chi connectivity index (χ0n) is 23.8. The molecule has 2 aromatic carbocycles. The standard InChI is InChI=1S/C30H32N4O4S4/c1-5-17(3)31-23(35)15-19-7-11-21(12-8-19)33-27(37)25(41-29(33)39)26-28(38)34(30(40)42-26)22-13-9-20(10-14-22)16-24(36)32-18(4)6-2/h7-14,17-18H,5-6,15-16H2,1-4H3,(H,31,35)(H,32,36)/b26-25+/t17-,18-/m0/s1. The van der Waals surface area contributed by atoms with E-state index < -0.39 is 11.8 Å². The molecule has 0 saturated carbocycles. The van der Waals surface area contributed by atoms with Crippen molar-refractivity contribution >= 4 is 91.6 Å². The Morgan fingerprint density at radius 1 is 0.690 bits per heavy atom. The van der Waals surface area contributed by atoms with Crippen molar-refractivity contribution in [2.75, 3.05) is 9.80 Å². The molecule has 2 aromatic rings. The number of benzene rings is 2. The zero-order chi connectivity index (χ0) is 30.6. The van der Waals surface area contributed by atoms with Crippen LogP contribution in [0, 0.1) is 0 Å². The summed E-state index contributed by atoms with van der Waals surface area (Å²) in [6, 6.07) is 14.4. The van der Waals surface area contributed by atoms with E-state index in [1.807, 2.05) is 27.7 Å². The second kappa shape index (κ2) is 13.9. The Labute approximate surface area is 265 Å². The highest BCUT2D eigenvalue weighted by molar-refractivity contribution is 8.30. The fourth-order valence-electron chi connectivity index (χ4n) is 4.21. The Kier molecular flexibility index (Phi) is 10.6. The SMILES string of the molecule is CC[C@H](C)NC(=O)Cc1ccc(N2C(=O)/C(=C3\SC(=S)N(c4ccc(CC(=O)N[C@@H](C)CC)cc4)C3=O)SC2=S)cc1. The van der Waals surface area contributed by atoms with Crippen LogP contribution in [0.25, 0.3) is 0 Å². The van der Waals surface area contributed by atoms with Gasteiger partial charge in [0.05, 0.1) is 34.0 Å². The maximum absolute atomic E-state index is 13.5. The van der Waals surface area contributed by atoms with Crippen LogP contribution in [0.5, 0.6) is 0 Å². The Balaban J connectivity index is 1.46. The minimum absolute atomic E-state index is 0.0634. The van der Waals surface area contributed by atoms with E-state index >= 15 is 0 Å². The summed E-state index contributed by atoms with van der Waals surface area (Å²) in [6.07, 6.45) is 2.17. The number of nitrogens with zero attached hydrogens (tertiary/aromatic N) is 2. The van der Waals surface area contributed by atoms with Crippen molar-refractivity contribution in [3.8, 4) is 0 Å². The normalized spacial score (nSPS) is 18.5. The van der Waals surface area contributed by atoms with Gasteiger partial charge in [-0.3, -0.25) is 29.0 Å². The third-order valence-corrected chi connectivity index (χ3v) is 9.78. The lowest BCUT2D eigenvalue weighted by molar-refractivity contribution is -0.121. The van der Waals surface area contributed by atoms with Gasteiger partial charge in [-0.25, -0.2) is 0 Å². The summed E-state index contributed by atoms with van der Waals surface area (Å²) in [5, 5.41) is 5.88. The Morgan fingerprint density at radius 3 is 1.33 bits per heavy atom. The van der Waals surface area contributed by atoms with E-state index in [0.29, 0.717) is 20.0 Å². The van der Waals surface area contributed by atoms with Gasteiger partial charge >= 0.3 is 0 Å². The maximum atomic E-state index is 13.5. The van der Waals surface area contributed by atoms with E-state index in [0.717, 1.165) is 47.5 Å². The van der Waals surface area contributed by atoms with Crippen molar-refractivity contribution in [2.24, 2.45) is 0 Å². The first-order valence-electron chi connectivity index (χ1n) is 13.7. The molecule has 0 bridgehead atoms. The molecule has 4 rings (SSSR count). The smallest absolute Gasteiger partial charge is 0.272 e. The number of nitrogens with one attached hydrogen (secondary N) is 2. The quantitative estimate of drug-likeness (QED) is 0.269. The lowest BCUT2D eigenvalue weighted by Crippen LogP contribution is -2.33. The fraction of sp³-hybridized carbons (Fsp3) is 0.333. The molecule has 2 fully saturated rings. The largest absolute Gasteiger partial charge is 0.353 e. The molecule has 8 nitrogen and oxygen atoms in total. The average molecular weight is 641 g/mol. The van der Waals surface area contributed by atoms with Gasteiger partial charge in [0.1, 0.15) is 0 Å². The van der Waals surface area contributed by atoms with Gasteiger partial charge in [0.2, 0.25) is 11.8 Å². The maximum Gasteiger partial charge on any atom is 0.272 e. The van der Waals surface area contributed by atoms with Gasteiger partial charge in [-0.05, 0) is 62.1 Å². The number of rotatable bonds is 10. The van der Waals surface area contributed by atoms with Gasteiger partial charge in [-0.1, -0.05) is 86.1 Å². The first kappa shape index (κ1) is 31.9. The van der Waals surface area contributed by atoms with Crippen LogP contribution in [0.1, 0.15) is 51.7 Å². The Morgan fingerprint density at radius 2 is 1.02 bits per heavy atom. The molecule has 0 unspecified atom stereocenters. The van der Waals surface area contributed by atoms with Crippen molar-refractivity contribution in [3.05, 3.63) is 69.5 Å². The van der Waals surface area contributed by atoms with E-state index in [1.165, 1.54) is 9.80 Å². The van der Waals surface area contributed by atoms with Crippen LogP contribution in [-0.2, 0) is 32.0 Å². The van der Waals surface area contributed by atoms with E-state index in [4.69, 9.17) is 24.4 Å². The summed E-state index contributed by atoms with van der Waals surface area (Å²) < 4.78 is 0.616. The van der Waals surface area contributed by atoms with Gasteiger partial charge in [0, 0.05) is 12.1 Å². The monoisotopic (exact) mass is 640 g/mol. The second-order valence-electron chi connectivity index (χ2n) is 10.1. The molecule has 0 spiro atoms. The number of carbonyl (C=O) groups excluding carboxylic acids is 4. The molecule has 2 heterocycles. The molecule has 2 N–H and O–H groups in total. The average Bonchev–Trinajstić information content (AvgIpc) is 3.42. The van der Waals surface area contributed by atoms with Crippen molar-refractivity contribution in [1.29, 1.82) is 0 Å². The van der Waals surface area contributed by atoms with Gasteiger partial charge in [-0.15, -0.1) is 0 Å². The number of amides is 4. The van der Waals surface area contributed by atoms with Crippen LogP contribution in [0.3, 0.4) is 0 Å². The molecule has 220 valence electrons. The minimum Gasteiger partial charge on any atom is -0.353 e. The molecule has 2 aliphatic heterocycles. The summed E-state index contributed by atoms with van der Waals surface area (Å²) in [5.41, 5.74) is 2.74. The second-order valence-corrected chi connectivity index (χ2v) is 13.4. The predicted octanol–water partition coefficient (Wildman–Crippen LogP) is 5.24. The summed E-state index contributed by atoms with van der Waals surface area (Å²) in [4.78, 5) is 54.7. The van der Waals surface area contributed by atoms with Crippen molar-refractivity contribution in [3.63, 3.8) is 0 Å². The highest BCUT2D eigenvalue weighted by Gasteiger charge is 2.43. The van der Waals surface area contributed by atoms with Gasteiger partial charge < -0.3 is 10.6 Å². The Hall–Kier alpha value is -3.06. The van der Waals surface area contributed by atoms with Crippen LogP contribution in [-0.4, -0.2) is 44.4 Å². The lowest BCUT2D eigenvalue weighted by atomic mass is 10.1. The molecule has 2 saturated heterocycles. The molecular weight excluding hydrogens is 609 g/mol. The summed E-state index contributed by atoms with van der Waals surface area (Å²) in [5.74, 6) is -0.913. The number of hydrogen-bond donors (Lipinski definition) is 2. The number of thiocarbonyl (C=S) groups is 2.